The number of fused-ring (bicyclic) bond motifs is 1. The maximum absolute atomic E-state index is 7.87. The Kier molecular flexibility index (Phi) is 3.90. The molecule has 0 aliphatic heterocycles. The molecule has 1 N–H and O–H groups in total. The Morgan fingerprint density at radius 2 is 2.17 bits per heavy atom. The summed E-state index contributed by atoms with van der Waals surface area (Å²) in [6.07, 6.45) is 6.15. The minimum absolute atomic E-state index is 0.102. The molecule has 1 aromatic heterocycles. The van der Waals surface area contributed by atoms with Crippen LogP contribution in [0.5, 0.6) is 0 Å². The molecule has 2 heteroatoms. The largest absolute Gasteiger partial charge is 0.361 e. The molecule has 0 bridgehead atoms. The van der Waals surface area contributed by atoms with Gasteiger partial charge >= 0.3 is 0 Å². The van der Waals surface area contributed by atoms with Crippen molar-refractivity contribution >= 4 is 10.9 Å². The van der Waals surface area contributed by atoms with Gasteiger partial charge in [-0.3, -0.25) is 0 Å². The summed E-state index contributed by atoms with van der Waals surface area (Å²) in [6, 6.07) is 8.25. The number of benzene rings is 1. The van der Waals surface area contributed by atoms with E-state index >= 15 is 0 Å². The normalized spacial score (nSPS) is 30.7. The Bertz CT molecular complexity index is 792. The Labute approximate surface area is 138 Å². The molecule has 0 amide bonds. The fourth-order valence-electron chi connectivity index (χ4n) is 4.18. The third-order valence-electron chi connectivity index (χ3n) is 5.66. The zero-order valence-electron chi connectivity index (χ0n) is 14.0. The molecule has 1 fully saturated rings. The monoisotopic (exact) mass is 304 g/mol. The molecule has 0 spiro atoms. The van der Waals surface area contributed by atoms with Crippen molar-refractivity contribution in [1.82, 2.24) is 4.98 Å². The summed E-state index contributed by atoms with van der Waals surface area (Å²) >= 11 is 0. The maximum atomic E-state index is 7.87. The van der Waals surface area contributed by atoms with Crippen molar-refractivity contribution in [2.75, 3.05) is 0 Å². The fraction of sp³-hybridized carbons (Fsp3) is 0.381. The SMILES string of the molecule is [C-]#[N+][C@@H]1[C@H](c2c[nH]c3ccccc23)[C@@H](C(=C)C)CC[C@@]1(C)C=C. The summed E-state index contributed by atoms with van der Waals surface area (Å²) in [6.45, 7) is 20.4. The highest BCUT2D eigenvalue weighted by Gasteiger charge is 2.51. The number of aromatic amines is 1. The first-order chi connectivity index (χ1) is 11.0. The van der Waals surface area contributed by atoms with Crippen molar-refractivity contribution in [3.63, 3.8) is 0 Å². The predicted molar refractivity (Wildman–Crippen MR) is 97.3 cm³/mol. The number of aromatic nitrogens is 1. The molecular formula is C21H24N2. The quantitative estimate of drug-likeness (QED) is 0.553. The van der Waals surface area contributed by atoms with E-state index in [0.717, 1.165) is 18.4 Å². The van der Waals surface area contributed by atoms with Gasteiger partial charge in [-0.1, -0.05) is 36.4 Å². The van der Waals surface area contributed by atoms with Crippen molar-refractivity contribution in [2.45, 2.75) is 38.6 Å². The van der Waals surface area contributed by atoms with E-state index in [-0.39, 0.29) is 17.4 Å². The molecule has 0 unspecified atom stereocenters. The molecule has 1 saturated carbocycles. The van der Waals surface area contributed by atoms with E-state index in [1.807, 2.05) is 12.1 Å². The zero-order chi connectivity index (χ0) is 16.6. The van der Waals surface area contributed by atoms with Crippen LogP contribution < -0.4 is 0 Å². The van der Waals surface area contributed by atoms with Gasteiger partial charge in [0.1, 0.15) is 0 Å². The van der Waals surface area contributed by atoms with Crippen LogP contribution in [-0.2, 0) is 0 Å². The van der Waals surface area contributed by atoms with Gasteiger partial charge in [0.2, 0.25) is 6.04 Å². The Morgan fingerprint density at radius 1 is 1.43 bits per heavy atom. The lowest BCUT2D eigenvalue weighted by atomic mass is 9.59. The average Bonchev–Trinajstić information content (AvgIpc) is 2.97. The van der Waals surface area contributed by atoms with Gasteiger partial charge in [0.25, 0.3) is 0 Å². The van der Waals surface area contributed by atoms with Gasteiger partial charge < -0.3 is 9.83 Å². The van der Waals surface area contributed by atoms with Crippen LogP contribution in [0, 0.1) is 17.9 Å². The first-order valence-corrected chi connectivity index (χ1v) is 8.23. The lowest BCUT2D eigenvalue weighted by Gasteiger charge is -2.42. The minimum atomic E-state index is -0.142. The molecule has 0 radical (unpaired) electrons. The van der Waals surface area contributed by atoms with E-state index in [1.54, 1.807) is 0 Å². The number of nitrogens with one attached hydrogen (secondary N) is 1. The fourth-order valence-corrected chi connectivity index (χ4v) is 4.18. The molecule has 0 saturated heterocycles. The van der Waals surface area contributed by atoms with Gasteiger partial charge in [-0.15, -0.1) is 6.58 Å². The molecule has 2 aromatic rings. The van der Waals surface area contributed by atoms with E-state index < -0.39 is 0 Å². The molecule has 4 atom stereocenters. The summed E-state index contributed by atoms with van der Waals surface area (Å²) in [4.78, 5) is 7.45. The number of allylic oxidation sites excluding steroid dienone is 1. The molecule has 1 aliphatic carbocycles. The molecule has 2 nitrogen and oxygen atoms in total. The Morgan fingerprint density at radius 3 is 2.83 bits per heavy atom. The second-order valence-corrected chi connectivity index (χ2v) is 7.09. The van der Waals surface area contributed by atoms with Crippen LogP contribution >= 0.6 is 0 Å². The van der Waals surface area contributed by atoms with Crippen molar-refractivity contribution in [1.29, 1.82) is 0 Å². The predicted octanol–water partition coefficient (Wildman–Crippen LogP) is 5.72. The summed E-state index contributed by atoms with van der Waals surface area (Å²) in [5, 5.41) is 1.23. The summed E-state index contributed by atoms with van der Waals surface area (Å²) < 4.78 is 0. The van der Waals surface area contributed by atoms with Crippen molar-refractivity contribution in [3.05, 3.63) is 72.2 Å². The average molecular weight is 304 g/mol. The highest BCUT2D eigenvalue weighted by atomic mass is 14.8. The standard InChI is InChI=1S/C21H24N2/c1-6-21(4)12-11-15(14(2)3)19(20(21)22-5)17-13-23-18-10-8-7-9-16(17)18/h6-10,13,15,19-20,23H,1-2,11-12H2,3-4H3/t15-,19+,20-,21-/m1/s1. The summed E-state index contributed by atoms with van der Waals surface area (Å²) in [7, 11) is 0. The van der Waals surface area contributed by atoms with E-state index in [0.29, 0.717) is 5.92 Å². The first kappa shape index (κ1) is 15.6. The van der Waals surface area contributed by atoms with Gasteiger partial charge in [-0.2, -0.15) is 0 Å². The van der Waals surface area contributed by atoms with Crippen molar-refractivity contribution in [3.8, 4) is 0 Å². The summed E-state index contributed by atoms with van der Waals surface area (Å²) in [5.41, 5.74) is 3.43. The van der Waals surface area contributed by atoms with Crippen LogP contribution in [-0.4, -0.2) is 11.0 Å². The molecular weight excluding hydrogens is 280 g/mol. The highest BCUT2D eigenvalue weighted by Crippen LogP contribution is 2.52. The van der Waals surface area contributed by atoms with Crippen LogP contribution in [0.4, 0.5) is 0 Å². The number of H-pyrrole nitrogens is 1. The lowest BCUT2D eigenvalue weighted by Crippen LogP contribution is -2.41. The van der Waals surface area contributed by atoms with Crippen LogP contribution in [0.15, 0.2) is 55.3 Å². The molecule has 23 heavy (non-hydrogen) atoms. The van der Waals surface area contributed by atoms with Gasteiger partial charge in [0.05, 0.1) is 11.3 Å². The van der Waals surface area contributed by atoms with E-state index in [9.17, 15) is 0 Å². The lowest BCUT2D eigenvalue weighted by molar-refractivity contribution is 0.196. The first-order valence-electron chi connectivity index (χ1n) is 8.23. The third kappa shape index (κ3) is 2.41. The molecule has 1 aliphatic rings. The molecule has 3 rings (SSSR count). The van der Waals surface area contributed by atoms with Crippen molar-refractivity contribution < 1.29 is 0 Å². The Hall–Kier alpha value is -2.27. The second kappa shape index (κ2) is 5.74. The van der Waals surface area contributed by atoms with Gasteiger partial charge in [-0.25, -0.2) is 6.57 Å². The van der Waals surface area contributed by atoms with Gasteiger partial charge in [0, 0.05) is 17.1 Å². The zero-order valence-corrected chi connectivity index (χ0v) is 14.0. The third-order valence-corrected chi connectivity index (χ3v) is 5.66. The number of hydrogen-bond donors (Lipinski definition) is 1. The van der Waals surface area contributed by atoms with Crippen molar-refractivity contribution in [2.24, 2.45) is 11.3 Å². The Balaban J connectivity index is 2.19. The number of nitrogens with zero attached hydrogens (tertiary/aromatic N) is 1. The number of hydrogen-bond acceptors (Lipinski definition) is 0. The maximum Gasteiger partial charge on any atom is 0.239 e. The minimum Gasteiger partial charge on any atom is -0.361 e. The second-order valence-electron chi connectivity index (χ2n) is 7.09. The number of para-hydroxylation sites is 1. The molecule has 118 valence electrons. The van der Waals surface area contributed by atoms with Crippen LogP contribution in [0.25, 0.3) is 15.7 Å². The van der Waals surface area contributed by atoms with E-state index in [2.05, 4.69) is 61.2 Å². The van der Waals surface area contributed by atoms with Crippen LogP contribution in [0.2, 0.25) is 0 Å². The van der Waals surface area contributed by atoms with E-state index in [4.69, 9.17) is 6.57 Å². The van der Waals surface area contributed by atoms with Crippen LogP contribution in [0.1, 0.15) is 38.2 Å². The highest BCUT2D eigenvalue weighted by molar-refractivity contribution is 5.84. The van der Waals surface area contributed by atoms with Gasteiger partial charge in [-0.05, 0) is 44.2 Å². The molecule has 1 aromatic carbocycles. The smallest absolute Gasteiger partial charge is 0.239 e. The van der Waals surface area contributed by atoms with Crippen LogP contribution in [0.3, 0.4) is 0 Å². The van der Waals surface area contributed by atoms with E-state index in [1.165, 1.54) is 16.5 Å². The number of rotatable bonds is 3. The molecule has 1 heterocycles. The topological polar surface area (TPSA) is 20.1 Å². The van der Waals surface area contributed by atoms with Gasteiger partial charge in [0.15, 0.2) is 0 Å². The summed E-state index contributed by atoms with van der Waals surface area (Å²) in [5.74, 6) is 0.513.